The molecule has 0 aliphatic rings. The van der Waals surface area contributed by atoms with Gasteiger partial charge in [0.1, 0.15) is 5.75 Å². The third kappa shape index (κ3) is 7.25. The quantitative estimate of drug-likeness (QED) is 0.391. The van der Waals surface area contributed by atoms with Crippen LogP contribution in [0, 0.1) is 0 Å². The fourth-order valence-corrected chi connectivity index (χ4v) is 4.29. The maximum atomic E-state index is 12.6. The summed E-state index contributed by atoms with van der Waals surface area (Å²) in [5.41, 5.74) is 2.13. The van der Waals surface area contributed by atoms with Gasteiger partial charge in [-0.2, -0.15) is 0 Å². The third-order valence-corrected chi connectivity index (χ3v) is 6.52. The summed E-state index contributed by atoms with van der Waals surface area (Å²) in [4.78, 5) is 12.3. The Bertz CT molecular complexity index is 1270. The minimum absolute atomic E-state index is 0.116. The van der Waals surface area contributed by atoms with E-state index in [-0.39, 0.29) is 10.8 Å². The van der Waals surface area contributed by atoms with Crippen molar-refractivity contribution in [2.45, 2.75) is 11.3 Å². The summed E-state index contributed by atoms with van der Waals surface area (Å²) < 4.78 is 43.3. The number of hydrogen-bond acceptors (Lipinski definition) is 6. The van der Waals surface area contributed by atoms with Crippen molar-refractivity contribution in [3.05, 3.63) is 83.9 Å². The van der Waals surface area contributed by atoms with Gasteiger partial charge in [0.05, 0.1) is 26.2 Å². The topological polar surface area (TPSA) is 103 Å². The van der Waals surface area contributed by atoms with Crippen LogP contribution in [0.3, 0.4) is 0 Å². The Balaban J connectivity index is 1.52. The van der Waals surface area contributed by atoms with Crippen molar-refractivity contribution in [1.29, 1.82) is 0 Å². The fraction of sp³-hybridized carbons (Fsp3) is 0.192. The van der Waals surface area contributed by atoms with E-state index in [1.54, 1.807) is 63.8 Å². The highest BCUT2D eigenvalue weighted by Gasteiger charge is 2.14. The zero-order valence-electron chi connectivity index (χ0n) is 19.8. The van der Waals surface area contributed by atoms with Crippen molar-refractivity contribution in [1.82, 2.24) is 5.32 Å². The summed E-state index contributed by atoms with van der Waals surface area (Å²) in [5.74, 6) is 1.68. The molecule has 0 aliphatic heterocycles. The largest absolute Gasteiger partial charge is 0.497 e. The first kappa shape index (κ1) is 25.6. The van der Waals surface area contributed by atoms with Gasteiger partial charge in [0.15, 0.2) is 11.5 Å². The number of amides is 1. The molecule has 0 bridgehead atoms. The predicted octanol–water partition coefficient (Wildman–Crippen LogP) is 3.89. The molecule has 0 aliphatic carbocycles. The normalized spacial score (nSPS) is 11.2. The number of hydrogen-bond donors (Lipinski definition) is 2. The molecule has 8 nitrogen and oxygen atoms in total. The lowest BCUT2D eigenvalue weighted by Gasteiger charge is -2.09. The summed E-state index contributed by atoms with van der Waals surface area (Å²) >= 11 is 0. The lowest BCUT2D eigenvalue weighted by atomic mass is 10.1. The van der Waals surface area contributed by atoms with E-state index in [1.807, 2.05) is 18.2 Å². The number of sulfonamides is 1. The van der Waals surface area contributed by atoms with Gasteiger partial charge in [-0.3, -0.25) is 9.52 Å². The van der Waals surface area contributed by atoms with E-state index in [0.29, 0.717) is 41.5 Å². The first-order chi connectivity index (χ1) is 16.8. The van der Waals surface area contributed by atoms with Gasteiger partial charge in [0, 0.05) is 18.3 Å². The van der Waals surface area contributed by atoms with Crippen LogP contribution in [0.25, 0.3) is 6.08 Å². The average Bonchev–Trinajstić information content (AvgIpc) is 2.87. The lowest BCUT2D eigenvalue weighted by molar-refractivity contribution is -0.116. The van der Waals surface area contributed by atoms with E-state index in [4.69, 9.17) is 14.2 Å². The molecule has 3 aromatic carbocycles. The van der Waals surface area contributed by atoms with Crippen molar-refractivity contribution >= 4 is 27.7 Å². The number of nitrogens with one attached hydrogen (secondary N) is 2. The second-order valence-electron chi connectivity index (χ2n) is 7.47. The van der Waals surface area contributed by atoms with Gasteiger partial charge in [-0.15, -0.1) is 0 Å². The zero-order valence-corrected chi connectivity index (χ0v) is 20.6. The number of ether oxygens (including phenoxy) is 3. The Morgan fingerprint density at radius 2 is 1.54 bits per heavy atom. The second-order valence-corrected chi connectivity index (χ2v) is 9.15. The lowest BCUT2D eigenvalue weighted by Crippen LogP contribution is -2.23. The first-order valence-corrected chi connectivity index (χ1v) is 12.3. The summed E-state index contributed by atoms with van der Waals surface area (Å²) in [6.45, 7) is 0.451. The number of benzene rings is 3. The number of carbonyl (C=O) groups is 1. The maximum Gasteiger partial charge on any atom is 0.261 e. The standard InChI is InChI=1S/C26H28N2O6S/c1-32-22-10-8-21(9-11-22)28-35(30,31)23-12-4-19(5-13-23)7-15-26(29)27-17-16-20-6-14-24(33-2)25(18-20)34-3/h4-15,18,28H,16-17H2,1-3H3,(H,27,29)/b15-7+. The van der Waals surface area contributed by atoms with Gasteiger partial charge in [0.25, 0.3) is 10.0 Å². The van der Waals surface area contributed by atoms with E-state index < -0.39 is 10.0 Å². The molecule has 3 rings (SSSR count). The molecule has 0 saturated heterocycles. The molecule has 0 spiro atoms. The molecular formula is C26H28N2O6S. The predicted molar refractivity (Wildman–Crippen MR) is 136 cm³/mol. The van der Waals surface area contributed by atoms with Crippen molar-refractivity contribution < 1.29 is 27.4 Å². The molecule has 2 N–H and O–H groups in total. The minimum atomic E-state index is -3.74. The number of rotatable bonds is 11. The van der Waals surface area contributed by atoms with Crippen LogP contribution in [0.5, 0.6) is 17.2 Å². The van der Waals surface area contributed by atoms with Gasteiger partial charge in [-0.25, -0.2) is 8.42 Å². The van der Waals surface area contributed by atoms with Crippen LogP contribution in [0.1, 0.15) is 11.1 Å². The molecule has 0 fully saturated rings. The summed E-state index contributed by atoms with van der Waals surface area (Å²) in [5, 5.41) is 2.83. The van der Waals surface area contributed by atoms with Gasteiger partial charge < -0.3 is 19.5 Å². The molecular weight excluding hydrogens is 468 g/mol. The van der Waals surface area contributed by atoms with Crippen LogP contribution in [-0.4, -0.2) is 42.2 Å². The SMILES string of the molecule is COc1ccc(NS(=O)(=O)c2ccc(/C=C/C(=O)NCCc3ccc(OC)c(OC)c3)cc2)cc1. The highest BCUT2D eigenvalue weighted by atomic mass is 32.2. The number of carbonyl (C=O) groups excluding carboxylic acids is 1. The maximum absolute atomic E-state index is 12.6. The molecule has 9 heteroatoms. The van der Waals surface area contributed by atoms with Gasteiger partial charge >= 0.3 is 0 Å². The summed E-state index contributed by atoms with van der Waals surface area (Å²) in [6, 6.07) is 18.4. The molecule has 1 amide bonds. The molecule has 3 aromatic rings. The van der Waals surface area contributed by atoms with Crippen LogP contribution in [0.4, 0.5) is 5.69 Å². The van der Waals surface area contributed by atoms with E-state index in [9.17, 15) is 13.2 Å². The van der Waals surface area contributed by atoms with Crippen molar-refractivity contribution in [2.24, 2.45) is 0 Å². The molecule has 0 saturated carbocycles. The molecule has 0 radical (unpaired) electrons. The van der Waals surface area contributed by atoms with E-state index in [1.165, 1.54) is 18.2 Å². The van der Waals surface area contributed by atoms with Crippen LogP contribution >= 0.6 is 0 Å². The van der Waals surface area contributed by atoms with E-state index in [2.05, 4.69) is 10.0 Å². The smallest absolute Gasteiger partial charge is 0.261 e. The Morgan fingerprint density at radius 3 is 2.17 bits per heavy atom. The average molecular weight is 497 g/mol. The zero-order chi connectivity index (χ0) is 25.3. The number of methoxy groups -OCH3 is 3. The van der Waals surface area contributed by atoms with Gasteiger partial charge in [-0.1, -0.05) is 18.2 Å². The fourth-order valence-electron chi connectivity index (χ4n) is 3.23. The Morgan fingerprint density at radius 1 is 0.857 bits per heavy atom. The molecule has 0 aromatic heterocycles. The van der Waals surface area contributed by atoms with E-state index >= 15 is 0 Å². The van der Waals surface area contributed by atoms with Crippen LogP contribution in [-0.2, 0) is 21.2 Å². The summed E-state index contributed by atoms with van der Waals surface area (Å²) in [6.07, 6.45) is 3.67. The van der Waals surface area contributed by atoms with Crippen molar-refractivity contribution in [3.63, 3.8) is 0 Å². The Labute approximate surface area is 205 Å². The van der Waals surface area contributed by atoms with Gasteiger partial charge in [-0.05, 0) is 72.2 Å². The molecule has 184 valence electrons. The van der Waals surface area contributed by atoms with Crippen LogP contribution < -0.4 is 24.2 Å². The Kier molecular flexibility index (Phi) is 8.74. The van der Waals surface area contributed by atoms with Crippen LogP contribution in [0.2, 0.25) is 0 Å². The van der Waals surface area contributed by atoms with E-state index in [0.717, 1.165) is 5.56 Å². The monoisotopic (exact) mass is 496 g/mol. The Hall–Kier alpha value is -3.98. The molecule has 0 atom stereocenters. The molecule has 0 unspecified atom stereocenters. The molecule has 0 heterocycles. The third-order valence-electron chi connectivity index (χ3n) is 5.12. The van der Waals surface area contributed by atoms with Crippen molar-refractivity contribution in [3.8, 4) is 17.2 Å². The van der Waals surface area contributed by atoms with Gasteiger partial charge in [0.2, 0.25) is 5.91 Å². The number of anilines is 1. The van der Waals surface area contributed by atoms with Crippen LogP contribution in [0.15, 0.2) is 77.7 Å². The second kappa shape index (κ2) is 11.9. The summed E-state index contributed by atoms with van der Waals surface area (Å²) in [7, 11) is 0.957. The van der Waals surface area contributed by atoms with Crippen molar-refractivity contribution in [2.75, 3.05) is 32.6 Å². The highest BCUT2D eigenvalue weighted by molar-refractivity contribution is 7.92. The minimum Gasteiger partial charge on any atom is -0.497 e. The highest BCUT2D eigenvalue weighted by Crippen LogP contribution is 2.27. The first-order valence-electron chi connectivity index (χ1n) is 10.8. The molecule has 35 heavy (non-hydrogen) atoms.